The van der Waals surface area contributed by atoms with E-state index in [9.17, 15) is 4.79 Å². The van der Waals surface area contributed by atoms with Gasteiger partial charge in [-0.3, -0.25) is 4.79 Å². The Morgan fingerprint density at radius 1 is 1.25 bits per heavy atom. The molecule has 0 bridgehead atoms. The summed E-state index contributed by atoms with van der Waals surface area (Å²) in [6.45, 7) is 1.09. The van der Waals surface area contributed by atoms with Crippen LogP contribution in [0.5, 0.6) is 0 Å². The van der Waals surface area contributed by atoms with Crippen LogP contribution in [-0.2, 0) is 24.2 Å². The van der Waals surface area contributed by atoms with E-state index >= 15 is 0 Å². The molecule has 0 saturated heterocycles. The van der Waals surface area contributed by atoms with Gasteiger partial charge in [-0.1, -0.05) is 6.07 Å². The highest BCUT2D eigenvalue weighted by Crippen LogP contribution is 2.24. The van der Waals surface area contributed by atoms with Crippen molar-refractivity contribution in [1.82, 2.24) is 0 Å². The Labute approximate surface area is 118 Å². The summed E-state index contributed by atoms with van der Waals surface area (Å²) in [4.78, 5) is 11.9. The SMILES string of the molecule is O=C(C[NH2+]Cc1ccco1)Nc1ccc2c(c1)CCC2. The van der Waals surface area contributed by atoms with Crippen molar-refractivity contribution in [3.8, 4) is 0 Å². The molecule has 1 aliphatic rings. The summed E-state index contributed by atoms with van der Waals surface area (Å²) in [5.41, 5.74) is 3.71. The Kier molecular flexibility index (Phi) is 3.83. The summed E-state index contributed by atoms with van der Waals surface area (Å²) in [7, 11) is 0. The lowest BCUT2D eigenvalue weighted by molar-refractivity contribution is -0.661. The van der Waals surface area contributed by atoms with Crippen LogP contribution in [0.2, 0.25) is 0 Å². The van der Waals surface area contributed by atoms with Crippen LogP contribution in [0.1, 0.15) is 23.3 Å². The van der Waals surface area contributed by atoms with E-state index in [4.69, 9.17) is 4.42 Å². The molecule has 1 aromatic carbocycles. The average molecular weight is 271 g/mol. The van der Waals surface area contributed by atoms with Gasteiger partial charge in [0.2, 0.25) is 0 Å². The lowest BCUT2D eigenvalue weighted by Gasteiger charge is -2.06. The molecule has 104 valence electrons. The number of nitrogens with one attached hydrogen (secondary N) is 1. The number of furan rings is 1. The van der Waals surface area contributed by atoms with E-state index in [1.54, 1.807) is 6.26 Å². The number of carbonyl (C=O) groups excluding carboxylic acids is 1. The van der Waals surface area contributed by atoms with E-state index in [1.807, 2.05) is 23.5 Å². The maximum Gasteiger partial charge on any atom is 0.279 e. The summed E-state index contributed by atoms with van der Waals surface area (Å²) >= 11 is 0. The van der Waals surface area contributed by atoms with Crippen molar-refractivity contribution in [2.45, 2.75) is 25.8 Å². The van der Waals surface area contributed by atoms with Crippen LogP contribution in [0.25, 0.3) is 0 Å². The first-order valence-corrected chi connectivity index (χ1v) is 7.07. The molecule has 3 rings (SSSR count). The topological polar surface area (TPSA) is 58.9 Å². The zero-order chi connectivity index (χ0) is 13.8. The summed E-state index contributed by atoms with van der Waals surface area (Å²) in [6, 6.07) is 9.99. The van der Waals surface area contributed by atoms with E-state index in [1.165, 1.54) is 24.0 Å². The van der Waals surface area contributed by atoms with Crippen molar-refractivity contribution in [1.29, 1.82) is 0 Å². The summed E-state index contributed by atoms with van der Waals surface area (Å²) in [5, 5.41) is 4.88. The second-order valence-electron chi connectivity index (χ2n) is 5.16. The molecule has 1 aromatic heterocycles. The van der Waals surface area contributed by atoms with Crippen LogP contribution in [0, 0.1) is 0 Å². The van der Waals surface area contributed by atoms with Gasteiger partial charge in [0.1, 0.15) is 6.54 Å². The minimum atomic E-state index is 0.0227. The largest absolute Gasteiger partial charge is 0.463 e. The van der Waals surface area contributed by atoms with Gasteiger partial charge < -0.3 is 15.1 Å². The normalized spacial score (nSPS) is 13.2. The van der Waals surface area contributed by atoms with E-state index in [2.05, 4.69) is 17.4 Å². The molecular formula is C16H19N2O2+. The number of hydrogen-bond acceptors (Lipinski definition) is 2. The molecule has 0 aliphatic heterocycles. The van der Waals surface area contributed by atoms with Gasteiger partial charge in [-0.05, 0) is 54.7 Å². The van der Waals surface area contributed by atoms with Crippen molar-refractivity contribution in [2.24, 2.45) is 0 Å². The molecule has 1 amide bonds. The summed E-state index contributed by atoms with van der Waals surface area (Å²) in [6.07, 6.45) is 5.17. The van der Waals surface area contributed by atoms with Gasteiger partial charge in [0.15, 0.2) is 12.3 Å². The number of anilines is 1. The van der Waals surface area contributed by atoms with Crippen molar-refractivity contribution in [3.05, 3.63) is 53.5 Å². The maximum atomic E-state index is 11.9. The molecule has 0 saturated carbocycles. The lowest BCUT2D eigenvalue weighted by atomic mass is 10.1. The summed E-state index contributed by atoms with van der Waals surface area (Å²) < 4.78 is 5.22. The Bertz CT molecular complexity index is 591. The molecular weight excluding hydrogens is 252 g/mol. The molecule has 3 N–H and O–H groups in total. The van der Waals surface area contributed by atoms with Crippen molar-refractivity contribution in [3.63, 3.8) is 0 Å². The number of amides is 1. The van der Waals surface area contributed by atoms with Crippen LogP contribution in [-0.4, -0.2) is 12.5 Å². The second-order valence-corrected chi connectivity index (χ2v) is 5.16. The van der Waals surface area contributed by atoms with Gasteiger partial charge in [-0.15, -0.1) is 0 Å². The van der Waals surface area contributed by atoms with Crippen molar-refractivity contribution >= 4 is 11.6 Å². The summed E-state index contributed by atoms with van der Waals surface area (Å²) in [5.74, 6) is 0.907. The predicted molar refractivity (Wildman–Crippen MR) is 76.3 cm³/mol. The molecule has 4 heteroatoms. The molecule has 1 aliphatic carbocycles. The standard InChI is InChI=1S/C16H18N2O2/c19-16(11-17-10-15-5-2-8-20-15)18-14-7-6-12-3-1-4-13(12)9-14/h2,5-9,17H,1,3-4,10-11H2,(H,18,19)/p+1. The fourth-order valence-electron chi connectivity index (χ4n) is 2.64. The monoisotopic (exact) mass is 271 g/mol. The van der Waals surface area contributed by atoms with E-state index in [0.717, 1.165) is 17.9 Å². The number of rotatable bonds is 5. The van der Waals surface area contributed by atoms with Crippen LogP contribution in [0.15, 0.2) is 41.0 Å². The van der Waals surface area contributed by atoms with Gasteiger partial charge in [0.25, 0.3) is 5.91 Å². The van der Waals surface area contributed by atoms with Gasteiger partial charge >= 0.3 is 0 Å². The molecule has 2 aromatic rings. The average Bonchev–Trinajstić information content (AvgIpc) is 3.08. The zero-order valence-corrected chi connectivity index (χ0v) is 11.4. The number of benzene rings is 1. The first kappa shape index (κ1) is 12.9. The van der Waals surface area contributed by atoms with Gasteiger partial charge in [-0.25, -0.2) is 0 Å². The number of quaternary nitrogens is 1. The van der Waals surface area contributed by atoms with Crippen LogP contribution < -0.4 is 10.6 Å². The minimum Gasteiger partial charge on any atom is -0.463 e. The lowest BCUT2D eigenvalue weighted by Crippen LogP contribution is -2.84. The fraction of sp³-hybridized carbons (Fsp3) is 0.312. The van der Waals surface area contributed by atoms with Crippen molar-refractivity contribution in [2.75, 3.05) is 11.9 Å². The number of nitrogens with two attached hydrogens (primary N) is 1. The number of fused-ring (bicyclic) bond motifs is 1. The molecule has 4 nitrogen and oxygen atoms in total. The van der Waals surface area contributed by atoms with Crippen LogP contribution in [0.3, 0.4) is 0 Å². The number of carbonyl (C=O) groups is 1. The molecule has 20 heavy (non-hydrogen) atoms. The first-order chi connectivity index (χ1) is 9.81. The molecule has 0 radical (unpaired) electrons. The van der Waals surface area contributed by atoms with Gasteiger partial charge in [-0.2, -0.15) is 0 Å². The van der Waals surface area contributed by atoms with E-state index in [-0.39, 0.29) is 5.91 Å². The van der Waals surface area contributed by atoms with Crippen LogP contribution in [0.4, 0.5) is 5.69 Å². The predicted octanol–water partition coefficient (Wildman–Crippen LogP) is 1.47. The third-order valence-corrected chi connectivity index (χ3v) is 3.64. The quantitative estimate of drug-likeness (QED) is 0.865. The van der Waals surface area contributed by atoms with Crippen molar-refractivity contribution < 1.29 is 14.5 Å². The highest BCUT2D eigenvalue weighted by molar-refractivity contribution is 5.91. The number of hydrogen-bond donors (Lipinski definition) is 2. The molecule has 0 atom stereocenters. The van der Waals surface area contributed by atoms with Crippen LogP contribution >= 0.6 is 0 Å². The van der Waals surface area contributed by atoms with Gasteiger partial charge in [0.05, 0.1) is 6.26 Å². The third-order valence-electron chi connectivity index (χ3n) is 3.64. The fourth-order valence-corrected chi connectivity index (χ4v) is 2.64. The molecule has 0 fully saturated rings. The molecule has 1 heterocycles. The molecule has 0 spiro atoms. The Morgan fingerprint density at radius 3 is 3.00 bits per heavy atom. The Hall–Kier alpha value is -2.07. The second kappa shape index (κ2) is 5.92. The smallest absolute Gasteiger partial charge is 0.279 e. The Morgan fingerprint density at radius 2 is 2.15 bits per heavy atom. The van der Waals surface area contributed by atoms with Gasteiger partial charge in [0, 0.05) is 5.69 Å². The van der Waals surface area contributed by atoms with E-state index in [0.29, 0.717) is 13.1 Å². The number of aryl methyl sites for hydroxylation is 2. The molecule has 0 unspecified atom stereocenters. The van der Waals surface area contributed by atoms with E-state index < -0.39 is 0 Å². The highest BCUT2D eigenvalue weighted by atomic mass is 16.3. The maximum absolute atomic E-state index is 11.9. The first-order valence-electron chi connectivity index (χ1n) is 7.07. The highest BCUT2D eigenvalue weighted by Gasteiger charge is 2.12. The zero-order valence-electron chi connectivity index (χ0n) is 11.4. The Balaban J connectivity index is 1.49. The third kappa shape index (κ3) is 3.08. The minimum absolute atomic E-state index is 0.0227.